The Morgan fingerprint density at radius 2 is 2.00 bits per heavy atom. The first-order chi connectivity index (χ1) is 8.81. The lowest BCUT2D eigenvalue weighted by Crippen LogP contribution is -2.42. The van der Waals surface area contributed by atoms with Gasteiger partial charge in [-0.25, -0.2) is 0 Å². The first kappa shape index (κ1) is 18.9. The Hall–Kier alpha value is -0.0800. The number of hydrogen-bond donors (Lipinski definition) is 2. The van der Waals surface area contributed by atoms with Gasteiger partial charge >= 0.3 is 0 Å². The van der Waals surface area contributed by atoms with Gasteiger partial charge in [-0.05, 0) is 25.8 Å². The van der Waals surface area contributed by atoms with Gasteiger partial charge in [-0.3, -0.25) is 9.89 Å². The second kappa shape index (κ2) is 11.7. The summed E-state index contributed by atoms with van der Waals surface area (Å²) in [4.78, 5) is 6.74. The first-order valence-electron chi connectivity index (χ1n) is 6.99. The number of ether oxygens (including phenoxy) is 1. The van der Waals surface area contributed by atoms with Gasteiger partial charge in [-0.2, -0.15) is 0 Å². The van der Waals surface area contributed by atoms with E-state index >= 15 is 0 Å². The highest BCUT2D eigenvalue weighted by atomic mass is 127. The molecular weight excluding hydrogens is 355 g/mol. The molecule has 114 valence electrons. The largest absolute Gasteiger partial charge is 0.385 e. The highest BCUT2D eigenvalue weighted by Gasteiger charge is 2.27. The molecule has 1 fully saturated rings. The number of likely N-dealkylation sites (N-methyl/N-ethyl adjacent to an activating group) is 1. The summed E-state index contributed by atoms with van der Waals surface area (Å²) in [5, 5.41) is 6.63. The quantitative estimate of drug-likeness (QED) is 0.272. The molecule has 0 heterocycles. The van der Waals surface area contributed by atoms with Gasteiger partial charge in [0.15, 0.2) is 5.96 Å². The fourth-order valence-corrected chi connectivity index (χ4v) is 2.00. The van der Waals surface area contributed by atoms with Crippen LogP contribution in [0, 0.1) is 0 Å². The molecule has 1 aliphatic carbocycles. The van der Waals surface area contributed by atoms with Crippen LogP contribution < -0.4 is 10.6 Å². The fraction of sp³-hybridized carbons (Fsp3) is 0.923. The maximum absolute atomic E-state index is 5.01. The normalized spacial score (nSPS) is 15.3. The van der Waals surface area contributed by atoms with Gasteiger partial charge in [-0.15, -0.1) is 24.0 Å². The summed E-state index contributed by atoms with van der Waals surface area (Å²) in [6.07, 6.45) is 3.75. The summed E-state index contributed by atoms with van der Waals surface area (Å²) in [6, 6.07) is 0.841. The molecule has 5 nitrogen and oxygen atoms in total. The molecule has 0 aromatic carbocycles. The minimum Gasteiger partial charge on any atom is -0.385 e. The number of nitrogens with zero attached hydrogens (tertiary/aromatic N) is 2. The minimum absolute atomic E-state index is 0. The molecule has 0 radical (unpaired) electrons. The minimum atomic E-state index is 0. The van der Waals surface area contributed by atoms with Crippen LogP contribution >= 0.6 is 24.0 Å². The van der Waals surface area contributed by atoms with Crippen LogP contribution in [-0.2, 0) is 4.74 Å². The van der Waals surface area contributed by atoms with Crippen molar-refractivity contribution < 1.29 is 4.74 Å². The summed E-state index contributed by atoms with van der Waals surface area (Å²) >= 11 is 0. The lowest BCUT2D eigenvalue weighted by molar-refractivity contribution is 0.195. The highest BCUT2D eigenvalue weighted by Crippen LogP contribution is 2.25. The predicted octanol–water partition coefficient (Wildman–Crippen LogP) is 1.29. The second-order valence-electron chi connectivity index (χ2n) is 4.63. The molecule has 0 bridgehead atoms. The zero-order valence-electron chi connectivity index (χ0n) is 12.4. The van der Waals surface area contributed by atoms with Crippen LogP contribution in [0.5, 0.6) is 0 Å². The van der Waals surface area contributed by atoms with E-state index in [0.29, 0.717) is 0 Å². The summed E-state index contributed by atoms with van der Waals surface area (Å²) in [5.41, 5.74) is 0. The lowest BCUT2D eigenvalue weighted by Gasteiger charge is -2.20. The zero-order valence-corrected chi connectivity index (χ0v) is 14.8. The van der Waals surface area contributed by atoms with E-state index in [4.69, 9.17) is 4.74 Å². The number of guanidine groups is 1. The van der Waals surface area contributed by atoms with E-state index in [0.717, 1.165) is 51.2 Å². The molecule has 0 unspecified atom stereocenters. The summed E-state index contributed by atoms with van der Waals surface area (Å²) in [7, 11) is 3.54. The Morgan fingerprint density at radius 3 is 2.53 bits per heavy atom. The zero-order chi connectivity index (χ0) is 13.2. The molecule has 1 rings (SSSR count). The summed E-state index contributed by atoms with van der Waals surface area (Å²) in [5.74, 6) is 0.887. The van der Waals surface area contributed by atoms with Gasteiger partial charge in [0.2, 0.25) is 0 Å². The molecule has 0 aliphatic heterocycles. The van der Waals surface area contributed by atoms with Gasteiger partial charge < -0.3 is 15.4 Å². The van der Waals surface area contributed by atoms with E-state index < -0.39 is 0 Å². The third-order valence-corrected chi connectivity index (χ3v) is 3.20. The second-order valence-corrected chi connectivity index (χ2v) is 4.63. The van der Waals surface area contributed by atoms with E-state index in [1.807, 2.05) is 7.05 Å². The number of methoxy groups -OCH3 is 1. The Bertz CT molecular complexity index is 247. The maximum atomic E-state index is 5.01. The van der Waals surface area contributed by atoms with E-state index in [1.54, 1.807) is 7.11 Å². The van der Waals surface area contributed by atoms with E-state index in [2.05, 4.69) is 27.4 Å². The van der Waals surface area contributed by atoms with Crippen molar-refractivity contribution >= 4 is 29.9 Å². The lowest BCUT2D eigenvalue weighted by atomic mass is 10.4. The average molecular weight is 384 g/mol. The smallest absolute Gasteiger partial charge is 0.191 e. The van der Waals surface area contributed by atoms with Crippen LogP contribution in [0.3, 0.4) is 0 Å². The van der Waals surface area contributed by atoms with Crippen molar-refractivity contribution in [3.63, 3.8) is 0 Å². The van der Waals surface area contributed by atoms with E-state index in [1.165, 1.54) is 12.8 Å². The Balaban J connectivity index is 0.00000324. The van der Waals surface area contributed by atoms with Crippen LogP contribution in [0.2, 0.25) is 0 Å². The highest BCUT2D eigenvalue weighted by molar-refractivity contribution is 14.0. The molecular formula is C13H29IN4O. The number of nitrogens with one attached hydrogen (secondary N) is 2. The standard InChI is InChI=1S/C13H28N4O.HI/c1-4-17(12-6-7-12)10-9-16-13(14-2)15-8-5-11-18-3;/h12H,4-11H2,1-3H3,(H2,14,15,16);1H. The molecule has 19 heavy (non-hydrogen) atoms. The monoisotopic (exact) mass is 384 g/mol. The average Bonchev–Trinajstić information content (AvgIpc) is 3.21. The van der Waals surface area contributed by atoms with Crippen LogP contribution in [0.4, 0.5) is 0 Å². The predicted molar refractivity (Wildman–Crippen MR) is 91.5 cm³/mol. The van der Waals surface area contributed by atoms with Crippen LogP contribution in [-0.4, -0.2) is 63.8 Å². The third-order valence-electron chi connectivity index (χ3n) is 3.20. The number of hydrogen-bond acceptors (Lipinski definition) is 3. The Kier molecular flexibility index (Phi) is 11.7. The molecule has 0 spiro atoms. The van der Waals surface area contributed by atoms with Crippen molar-refractivity contribution in [2.24, 2.45) is 4.99 Å². The van der Waals surface area contributed by atoms with E-state index in [9.17, 15) is 0 Å². The van der Waals surface area contributed by atoms with E-state index in [-0.39, 0.29) is 24.0 Å². The molecule has 2 N–H and O–H groups in total. The maximum Gasteiger partial charge on any atom is 0.191 e. The number of aliphatic imine (C=N–C) groups is 1. The van der Waals surface area contributed by atoms with Gasteiger partial charge in [0.1, 0.15) is 0 Å². The molecule has 0 saturated heterocycles. The van der Waals surface area contributed by atoms with Crippen LogP contribution in [0.25, 0.3) is 0 Å². The molecule has 1 saturated carbocycles. The Labute approximate surface area is 134 Å². The Morgan fingerprint density at radius 1 is 1.32 bits per heavy atom. The van der Waals surface area contributed by atoms with Crippen molar-refractivity contribution in [2.45, 2.75) is 32.2 Å². The molecule has 1 aliphatic rings. The van der Waals surface area contributed by atoms with Crippen LogP contribution in [0.15, 0.2) is 4.99 Å². The van der Waals surface area contributed by atoms with Gasteiger partial charge in [0.25, 0.3) is 0 Å². The van der Waals surface area contributed by atoms with Crippen molar-refractivity contribution in [3.05, 3.63) is 0 Å². The number of halogens is 1. The fourth-order valence-electron chi connectivity index (χ4n) is 2.00. The van der Waals surface area contributed by atoms with Gasteiger partial charge in [0.05, 0.1) is 0 Å². The van der Waals surface area contributed by atoms with Gasteiger partial charge in [0, 0.05) is 46.4 Å². The van der Waals surface area contributed by atoms with Crippen molar-refractivity contribution in [1.29, 1.82) is 0 Å². The SMILES string of the molecule is CCN(CCNC(=NC)NCCCOC)C1CC1.I. The topological polar surface area (TPSA) is 48.9 Å². The van der Waals surface area contributed by atoms with Crippen molar-refractivity contribution in [3.8, 4) is 0 Å². The summed E-state index contributed by atoms with van der Waals surface area (Å²) in [6.45, 7) is 7.11. The van der Waals surface area contributed by atoms with Crippen LogP contribution in [0.1, 0.15) is 26.2 Å². The molecule has 0 aromatic rings. The molecule has 0 amide bonds. The van der Waals surface area contributed by atoms with Crippen molar-refractivity contribution in [1.82, 2.24) is 15.5 Å². The van der Waals surface area contributed by atoms with Gasteiger partial charge in [-0.1, -0.05) is 6.92 Å². The first-order valence-corrected chi connectivity index (χ1v) is 6.99. The summed E-state index contributed by atoms with van der Waals surface area (Å²) < 4.78 is 5.01. The third kappa shape index (κ3) is 8.65. The number of rotatable bonds is 9. The molecule has 6 heteroatoms. The van der Waals surface area contributed by atoms with Crippen molar-refractivity contribution in [2.75, 3.05) is 46.9 Å². The molecule has 0 atom stereocenters. The molecule has 0 aromatic heterocycles.